The van der Waals surface area contributed by atoms with Crippen LogP contribution in [0.15, 0.2) is 12.1 Å². The Kier molecular flexibility index (Phi) is 3.99. The predicted octanol–water partition coefficient (Wildman–Crippen LogP) is 0.358. The molecule has 1 aromatic heterocycles. The molecular weight excluding hydrogens is 198 g/mol. The Morgan fingerprint density at radius 3 is 2.73 bits per heavy atom. The van der Waals surface area contributed by atoms with Crippen molar-refractivity contribution >= 4 is 11.8 Å². The zero-order chi connectivity index (χ0) is 11.3. The van der Waals surface area contributed by atoms with Gasteiger partial charge in [0, 0.05) is 6.54 Å². The summed E-state index contributed by atoms with van der Waals surface area (Å²) in [6.07, 6.45) is 0.208. The maximum absolute atomic E-state index is 10.5. The van der Waals surface area contributed by atoms with Gasteiger partial charge in [-0.2, -0.15) is 0 Å². The summed E-state index contributed by atoms with van der Waals surface area (Å²) in [4.78, 5) is 10.5. The monoisotopic (exact) mass is 211 g/mol. The fourth-order valence-corrected chi connectivity index (χ4v) is 0.907. The number of anilines is 1. The second-order valence-electron chi connectivity index (χ2n) is 3.05. The van der Waals surface area contributed by atoms with E-state index in [1.54, 1.807) is 0 Å². The lowest BCUT2D eigenvalue weighted by atomic mass is 10.3. The number of rotatable bonds is 5. The van der Waals surface area contributed by atoms with Crippen molar-refractivity contribution in [1.82, 2.24) is 10.2 Å². The Labute approximate surface area is 87.0 Å². The Balaban J connectivity index is 2.53. The van der Waals surface area contributed by atoms with Crippen molar-refractivity contribution in [1.29, 1.82) is 0 Å². The summed E-state index contributed by atoms with van der Waals surface area (Å²) < 4.78 is 0. The van der Waals surface area contributed by atoms with E-state index in [9.17, 15) is 9.90 Å². The molecule has 0 fully saturated rings. The maximum atomic E-state index is 10.5. The number of nitrogens with zero attached hydrogens (tertiary/aromatic N) is 2. The Morgan fingerprint density at radius 1 is 1.53 bits per heavy atom. The molecule has 0 aliphatic heterocycles. The molecule has 0 bridgehead atoms. The first-order valence-electron chi connectivity index (χ1n) is 4.62. The van der Waals surface area contributed by atoms with Crippen LogP contribution in [0.1, 0.15) is 23.8 Å². The number of carboxylic acid groups (broad SMARTS) is 1. The highest BCUT2D eigenvalue weighted by atomic mass is 16.4. The quantitative estimate of drug-likeness (QED) is 0.650. The van der Waals surface area contributed by atoms with Gasteiger partial charge in [0.15, 0.2) is 5.69 Å². The first kappa shape index (κ1) is 11.4. The molecule has 3 N–H and O–H groups in total. The van der Waals surface area contributed by atoms with Crippen LogP contribution < -0.4 is 5.32 Å². The minimum atomic E-state index is -1.11. The second kappa shape index (κ2) is 5.26. The molecular formula is C9H13N3O3. The molecule has 0 saturated heterocycles. The number of aliphatic hydroxyl groups is 1. The summed E-state index contributed by atoms with van der Waals surface area (Å²) in [6, 6.07) is 2.87. The van der Waals surface area contributed by atoms with Crippen LogP contribution in [0, 0.1) is 0 Å². The van der Waals surface area contributed by atoms with Crippen molar-refractivity contribution in [2.24, 2.45) is 0 Å². The average molecular weight is 211 g/mol. The highest BCUT2D eigenvalue weighted by molar-refractivity contribution is 5.85. The number of aromatic nitrogens is 2. The Morgan fingerprint density at radius 2 is 2.27 bits per heavy atom. The summed E-state index contributed by atoms with van der Waals surface area (Å²) in [6.45, 7) is 2.24. The highest BCUT2D eigenvalue weighted by Crippen LogP contribution is 2.02. The van der Waals surface area contributed by atoms with E-state index in [2.05, 4.69) is 15.5 Å². The highest BCUT2D eigenvalue weighted by Gasteiger charge is 2.05. The first-order chi connectivity index (χ1) is 7.13. The van der Waals surface area contributed by atoms with Gasteiger partial charge in [0.25, 0.3) is 0 Å². The molecule has 6 heteroatoms. The summed E-state index contributed by atoms with van der Waals surface area (Å²) in [7, 11) is 0. The van der Waals surface area contributed by atoms with Crippen molar-refractivity contribution in [3.63, 3.8) is 0 Å². The topological polar surface area (TPSA) is 95.3 Å². The van der Waals surface area contributed by atoms with Gasteiger partial charge in [0.1, 0.15) is 5.82 Å². The van der Waals surface area contributed by atoms with E-state index >= 15 is 0 Å². The summed E-state index contributed by atoms with van der Waals surface area (Å²) >= 11 is 0. The van der Waals surface area contributed by atoms with Crippen LogP contribution in [-0.4, -0.2) is 39.0 Å². The molecule has 0 aliphatic carbocycles. The molecule has 0 aromatic carbocycles. The fraction of sp³-hybridized carbons (Fsp3) is 0.444. The lowest BCUT2D eigenvalue weighted by Gasteiger charge is -2.08. The number of carbonyl (C=O) groups is 1. The molecule has 82 valence electrons. The predicted molar refractivity (Wildman–Crippen MR) is 53.8 cm³/mol. The number of hydrogen-bond donors (Lipinski definition) is 3. The minimum absolute atomic E-state index is 0.100. The molecule has 1 atom stereocenters. The third-order valence-corrected chi connectivity index (χ3v) is 1.87. The van der Waals surface area contributed by atoms with Crippen LogP contribution in [0.2, 0.25) is 0 Å². The third kappa shape index (κ3) is 3.51. The van der Waals surface area contributed by atoms with E-state index < -0.39 is 12.1 Å². The van der Waals surface area contributed by atoms with Gasteiger partial charge in [-0.15, -0.1) is 10.2 Å². The van der Waals surface area contributed by atoms with Crippen molar-refractivity contribution in [3.05, 3.63) is 17.8 Å². The molecule has 0 radical (unpaired) electrons. The lowest BCUT2D eigenvalue weighted by molar-refractivity contribution is 0.0689. The second-order valence-corrected chi connectivity index (χ2v) is 3.05. The molecule has 1 rings (SSSR count). The van der Waals surface area contributed by atoms with Gasteiger partial charge < -0.3 is 15.5 Å². The van der Waals surface area contributed by atoms with E-state index in [1.165, 1.54) is 12.1 Å². The van der Waals surface area contributed by atoms with E-state index in [-0.39, 0.29) is 5.69 Å². The SMILES string of the molecule is CCC(O)CNc1ccc(C(=O)O)nn1. The van der Waals surface area contributed by atoms with Gasteiger partial charge in [0.2, 0.25) is 0 Å². The molecule has 0 saturated carbocycles. The van der Waals surface area contributed by atoms with Crippen LogP contribution in [0.5, 0.6) is 0 Å². The van der Waals surface area contributed by atoms with Gasteiger partial charge in [-0.3, -0.25) is 0 Å². The van der Waals surface area contributed by atoms with Gasteiger partial charge in [-0.1, -0.05) is 6.92 Å². The molecule has 0 aliphatic rings. The van der Waals surface area contributed by atoms with Crippen LogP contribution in [0.3, 0.4) is 0 Å². The maximum Gasteiger partial charge on any atom is 0.356 e. The summed E-state index contributed by atoms with van der Waals surface area (Å²) in [5, 5.41) is 27.8. The number of aromatic carboxylic acids is 1. The number of nitrogens with one attached hydrogen (secondary N) is 1. The van der Waals surface area contributed by atoms with Crippen molar-refractivity contribution in [2.75, 3.05) is 11.9 Å². The number of carboxylic acids is 1. The zero-order valence-electron chi connectivity index (χ0n) is 8.34. The molecule has 1 heterocycles. The van der Waals surface area contributed by atoms with Gasteiger partial charge in [-0.05, 0) is 18.6 Å². The number of hydrogen-bond acceptors (Lipinski definition) is 5. The Hall–Kier alpha value is -1.69. The van der Waals surface area contributed by atoms with E-state index in [1.807, 2.05) is 6.92 Å². The zero-order valence-corrected chi connectivity index (χ0v) is 8.34. The van der Waals surface area contributed by atoms with Crippen LogP contribution in [0.25, 0.3) is 0 Å². The van der Waals surface area contributed by atoms with Gasteiger partial charge in [-0.25, -0.2) is 4.79 Å². The van der Waals surface area contributed by atoms with E-state index in [4.69, 9.17) is 5.11 Å². The molecule has 0 spiro atoms. The van der Waals surface area contributed by atoms with Crippen LogP contribution in [0.4, 0.5) is 5.82 Å². The van der Waals surface area contributed by atoms with Crippen LogP contribution in [-0.2, 0) is 0 Å². The van der Waals surface area contributed by atoms with Crippen LogP contribution >= 0.6 is 0 Å². The molecule has 0 amide bonds. The van der Waals surface area contributed by atoms with E-state index in [0.717, 1.165) is 0 Å². The third-order valence-electron chi connectivity index (χ3n) is 1.87. The van der Waals surface area contributed by atoms with Crippen molar-refractivity contribution in [2.45, 2.75) is 19.4 Å². The fourth-order valence-electron chi connectivity index (χ4n) is 0.907. The smallest absolute Gasteiger partial charge is 0.356 e. The summed E-state index contributed by atoms with van der Waals surface area (Å²) in [5.41, 5.74) is -0.100. The molecule has 15 heavy (non-hydrogen) atoms. The normalized spacial score (nSPS) is 12.1. The van der Waals surface area contributed by atoms with E-state index in [0.29, 0.717) is 18.8 Å². The first-order valence-corrected chi connectivity index (χ1v) is 4.62. The van der Waals surface area contributed by atoms with Gasteiger partial charge in [0.05, 0.1) is 6.10 Å². The average Bonchev–Trinajstić information content (AvgIpc) is 2.26. The molecule has 1 aromatic rings. The summed E-state index contributed by atoms with van der Waals surface area (Å²) in [5.74, 6) is -0.657. The largest absolute Gasteiger partial charge is 0.476 e. The Bertz CT molecular complexity index is 326. The molecule has 6 nitrogen and oxygen atoms in total. The van der Waals surface area contributed by atoms with Gasteiger partial charge >= 0.3 is 5.97 Å². The van der Waals surface area contributed by atoms with Crippen molar-refractivity contribution in [3.8, 4) is 0 Å². The van der Waals surface area contributed by atoms with Crippen molar-refractivity contribution < 1.29 is 15.0 Å². The molecule has 1 unspecified atom stereocenters. The number of aliphatic hydroxyl groups excluding tert-OH is 1. The standard InChI is InChI=1S/C9H13N3O3/c1-2-6(13)5-10-8-4-3-7(9(14)15)11-12-8/h3-4,6,13H,2,5H2,1H3,(H,10,12)(H,14,15). The lowest BCUT2D eigenvalue weighted by Crippen LogP contribution is -2.19. The minimum Gasteiger partial charge on any atom is -0.476 e.